The highest BCUT2D eigenvalue weighted by molar-refractivity contribution is 5.89. The molecule has 1 saturated heterocycles. The van der Waals surface area contributed by atoms with E-state index in [9.17, 15) is 9.59 Å². The average molecular weight is 358 g/mol. The van der Waals surface area contributed by atoms with Crippen molar-refractivity contribution in [1.82, 2.24) is 10.2 Å². The fourth-order valence-electron chi connectivity index (χ4n) is 4.47. The zero-order valence-corrected chi connectivity index (χ0v) is 16.5. The Morgan fingerprint density at radius 1 is 1.23 bits per heavy atom. The van der Waals surface area contributed by atoms with Crippen LogP contribution in [0.1, 0.15) is 65.5 Å². The van der Waals surface area contributed by atoms with Gasteiger partial charge >= 0.3 is 6.09 Å². The third-order valence-electron chi connectivity index (χ3n) is 6.00. The number of likely N-dealkylation sites (tertiary alicyclic amines) is 1. The van der Waals surface area contributed by atoms with Crippen LogP contribution in [0, 0.1) is 5.41 Å². The highest BCUT2D eigenvalue weighted by Gasteiger charge is 2.64. The van der Waals surface area contributed by atoms with E-state index in [4.69, 9.17) is 4.74 Å². The molecule has 1 aliphatic carbocycles. The summed E-state index contributed by atoms with van der Waals surface area (Å²) in [7, 11) is 0. The molecule has 0 unspecified atom stereocenters. The summed E-state index contributed by atoms with van der Waals surface area (Å²) in [6.07, 6.45) is 2.09. The first-order valence-electron chi connectivity index (χ1n) is 9.45. The van der Waals surface area contributed by atoms with Crippen molar-refractivity contribution >= 4 is 12.0 Å². The van der Waals surface area contributed by atoms with Crippen molar-refractivity contribution in [3.05, 3.63) is 35.9 Å². The minimum absolute atomic E-state index is 0.0246. The third kappa shape index (κ3) is 3.08. The van der Waals surface area contributed by atoms with E-state index in [0.717, 1.165) is 24.8 Å². The zero-order chi connectivity index (χ0) is 19.2. The summed E-state index contributed by atoms with van der Waals surface area (Å²) in [5, 5.41) is 3.09. The van der Waals surface area contributed by atoms with Gasteiger partial charge in [-0.05, 0) is 59.4 Å². The van der Waals surface area contributed by atoms with Crippen LogP contribution in [0.3, 0.4) is 0 Å². The van der Waals surface area contributed by atoms with Crippen LogP contribution in [0.5, 0.6) is 0 Å². The molecule has 26 heavy (non-hydrogen) atoms. The van der Waals surface area contributed by atoms with Crippen molar-refractivity contribution < 1.29 is 14.3 Å². The fourth-order valence-corrected chi connectivity index (χ4v) is 4.47. The predicted octanol–water partition coefficient (Wildman–Crippen LogP) is 4.04. The highest BCUT2D eigenvalue weighted by atomic mass is 16.6. The second-order valence-corrected chi connectivity index (χ2v) is 8.91. The molecule has 2 aliphatic rings. The molecule has 2 fully saturated rings. The van der Waals surface area contributed by atoms with E-state index in [1.807, 2.05) is 62.9 Å². The predicted molar refractivity (Wildman–Crippen MR) is 101 cm³/mol. The van der Waals surface area contributed by atoms with E-state index in [0.29, 0.717) is 6.54 Å². The number of hydrogen-bond acceptors (Lipinski definition) is 3. The summed E-state index contributed by atoms with van der Waals surface area (Å²) in [6.45, 7) is 10.1. The van der Waals surface area contributed by atoms with Gasteiger partial charge in [-0.3, -0.25) is 4.79 Å². The molecule has 5 heteroatoms. The summed E-state index contributed by atoms with van der Waals surface area (Å²) in [5.74, 6) is 0.127. The molecule has 1 aromatic rings. The SMILES string of the molecule is C[C@H](c1ccccc1)N1C[C@]2(NC(=O)OC(C)(C)C)CCC[C@]2(C)C1=O. The van der Waals surface area contributed by atoms with Crippen LogP contribution in [0.15, 0.2) is 30.3 Å². The van der Waals surface area contributed by atoms with Crippen molar-refractivity contribution in [2.75, 3.05) is 6.54 Å². The Kier molecular flexibility index (Phi) is 4.53. The Labute approximate surface area is 156 Å². The van der Waals surface area contributed by atoms with E-state index >= 15 is 0 Å². The number of fused-ring (bicyclic) bond motifs is 1. The molecule has 1 N–H and O–H groups in total. The van der Waals surface area contributed by atoms with Gasteiger partial charge in [-0.2, -0.15) is 0 Å². The number of nitrogens with one attached hydrogen (secondary N) is 1. The molecule has 0 bridgehead atoms. The van der Waals surface area contributed by atoms with Crippen LogP contribution in [-0.4, -0.2) is 34.6 Å². The topological polar surface area (TPSA) is 58.6 Å². The number of carbonyl (C=O) groups is 2. The minimum Gasteiger partial charge on any atom is -0.444 e. The molecule has 1 saturated carbocycles. The number of carbonyl (C=O) groups excluding carboxylic acids is 2. The van der Waals surface area contributed by atoms with E-state index in [1.54, 1.807) is 0 Å². The van der Waals surface area contributed by atoms with Gasteiger partial charge in [0.15, 0.2) is 0 Å². The molecule has 3 rings (SSSR count). The molecule has 142 valence electrons. The molecule has 0 aromatic heterocycles. The van der Waals surface area contributed by atoms with Crippen LogP contribution in [0.25, 0.3) is 0 Å². The number of ether oxygens (including phenoxy) is 1. The van der Waals surface area contributed by atoms with Crippen molar-refractivity contribution in [1.29, 1.82) is 0 Å². The molecule has 1 aromatic carbocycles. The number of alkyl carbamates (subject to hydrolysis) is 1. The second-order valence-electron chi connectivity index (χ2n) is 8.91. The van der Waals surface area contributed by atoms with Crippen molar-refractivity contribution in [2.45, 2.75) is 71.1 Å². The van der Waals surface area contributed by atoms with Gasteiger partial charge in [0.2, 0.25) is 5.91 Å². The van der Waals surface area contributed by atoms with Crippen molar-refractivity contribution in [3.63, 3.8) is 0 Å². The standard InChI is InChI=1S/C21H30N2O3/c1-15(16-10-7-6-8-11-16)23-14-21(22-18(25)26-19(2,3)4)13-9-12-20(21,5)17(23)24/h6-8,10-11,15H,9,12-14H2,1-5H3,(H,22,25)/t15-,20-,21-/m1/s1. The molecule has 1 heterocycles. The average Bonchev–Trinajstić information content (AvgIpc) is 2.97. The number of nitrogens with zero attached hydrogens (tertiary/aromatic N) is 1. The number of amides is 2. The third-order valence-corrected chi connectivity index (χ3v) is 6.00. The van der Waals surface area contributed by atoms with E-state index in [-0.39, 0.29) is 11.9 Å². The smallest absolute Gasteiger partial charge is 0.408 e. The first kappa shape index (κ1) is 18.7. The Hall–Kier alpha value is -2.04. The lowest BCUT2D eigenvalue weighted by Crippen LogP contribution is -2.57. The van der Waals surface area contributed by atoms with Gasteiger partial charge in [0.05, 0.1) is 17.0 Å². The van der Waals surface area contributed by atoms with E-state index in [2.05, 4.69) is 12.2 Å². The van der Waals surface area contributed by atoms with Crippen LogP contribution in [0.4, 0.5) is 4.79 Å². The molecular weight excluding hydrogens is 328 g/mol. The highest BCUT2D eigenvalue weighted by Crippen LogP contribution is 2.53. The summed E-state index contributed by atoms with van der Waals surface area (Å²) in [4.78, 5) is 27.7. The van der Waals surface area contributed by atoms with Gasteiger partial charge in [-0.25, -0.2) is 4.79 Å². The summed E-state index contributed by atoms with van der Waals surface area (Å²) < 4.78 is 5.48. The largest absolute Gasteiger partial charge is 0.444 e. The van der Waals surface area contributed by atoms with Gasteiger partial charge in [-0.1, -0.05) is 30.3 Å². The second kappa shape index (κ2) is 6.29. The van der Waals surface area contributed by atoms with Gasteiger partial charge in [0, 0.05) is 6.54 Å². The van der Waals surface area contributed by atoms with Crippen LogP contribution >= 0.6 is 0 Å². The monoisotopic (exact) mass is 358 g/mol. The quantitative estimate of drug-likeness (QED) is 0.887. The zero-order valence-electron chi connectivity index (χ0n) is 16.5. The van der Waals surface area contributed by atoms with E-state index in [1.165, 1.54) is 0 Å². The summed E-state index contributed by atoms with van der Waals surface area (Å²) in [6, 6.07) is 10.0. The summed E-state index contributed by atoms with van der Waals surface area (Å²) >= 11 is 0. The molecule has 0 radical (unpaired) electrons. The van der Waals surface area contributed by atoms with Gasteiger partial charge < -0.3 is 15.0 Å². The first-order valence-corrected chi connectivity index (χ1v) is 9.45. The molecule has 0 spiro atoms. The Bertz CT molecular complexity index is 697. The van der Waals surface area contributed by atoms with Crippen molar-refractivity contribution in [3.8, 4) is 0 Å². The number of hydrogen-bond donors (Lipinski definition) is 1. The maximum atomic E-state index is 13.3. The fraction of sp³-hybridized carbons (Fsp3) is 0.619. The lowest BCUT2D eigenvalue weighted by Gasteiger charge is -2.36. The molecular formula is C21H30N2O3. The Morgan fingerprint density at radius 3 is 2.50 bits per heavy atom. The number of rotatable bonds is 3. The number of benzene rings is 1. The van der Waals surface area contributed by atoms with Gasteiger partial charge in [-0.15, -0.1) is 0 Å². The minimum atomic E-state index is -0.576. The normalized spacial score (nSPS) is 29.4. The molecule has 3 atom stereocenters. The van der Waals surface area contributed by atoms with Crippen LogP contribution in [-0.2, 0) is 9.53 Å². The molecule has 5 nitrogen and oxygen atoms in total. The van der Waals surface area contributed by atoms with Crippen molar-refractivity contribution in [2.24, 2.45) is 5.41 Å². The molecule has 2 amide bonds. The van der Waals surface area contributed by atoms with Gasteiger partial charge in [0.25, 0.3) is 0 Å². The Balaban J connectivity index is 1.86. The van der Waals surface area contributed by atoms with Crippen LogP contribution in [0.2, 0.25) is 0 Å². The maximum Gasteiger partial charge on any atom is 0.408 e. The lowest BCUT2D eigenvalue weighted by molar-refractivity contribution is -0.137. The van der Waals surface area contributed by atoms with Crippen LogP contribution < -0.4 is 5.32 Å². The van der Waals surface area contributed by atoms with Gasteiger partial charge in [0.1, 0.15) is 5.60 Å². The first-order chi connectivity index (χ1) is 12.1. The summed E-state index contributed by atoms with van der Waals surface area (Å²) in [5.41, 5.74) is -0.588. The maximum absolute atomic E-state index is 13.3. The Morgan fingerprint density at radius 2 is 1.88 bits per heavy atom. The van der Waals surface area contributed by atoms with E-state index < -0.39 is 22.6 Å². The molecule has 1 aliphatic heterocycles. The lowest BCUT2D eigenvalue weighted by atomic mass is 9.76.